The van der Waals surface area contributed by atoms with Gasteiger partial charge in [0.05, 0.1) is 24.3 Å². The molecule has 2 aliphatic rings. The van der Waals surface area contributed by atoms with Crippen LogP contribution in [0.15, 0.2) is 16.7 Å². The van der Waals surface area contributed by atoms with E-state index in [-0.39, 0.29) is 5.75 Å². The van der Waals surface area contributed by atoms with E-state index in [4.69, 9.17) is 4.42 Å². The first kappa shape index (κ1) is 14.1. The molecule has 0 spiro atoms. The zero-order valence-electron chi connectivity index (χ0n) is 11.7. The van der Waals surface area contributed by atoms with Crippen molar-refractivity contribution in [1.82, 2.24) is 10.2 Å². The fourth-order valence-corrected chi connectivity index (χ4v) is 3.87. The Labute approximate surface area is 120 Å². The van der Waals surface area contributed by atoms with Gasteiger partial charge in [0.1, 0.15) is 5.76 Å². The van der Waals surface area contributed by atoms with Crippen LogP contribution in [0, 0.1) is 0 Å². The van der Waals surface area contributed by atoms with Gasteiger partial charge in [0.15, 0.2) is 9.84 Å². The quantitative estimate of drug-likeness (QED) is 0.883. The molecule has 0 unspecified atom stereocenters. The Hall–Kier alpha value is -0.850. The van der Waals surface area contributed by atoms with Crippen LogP contribution in [0.25, 0.3) is 0 Å². The van der Waals surface area contributed by atoms with Gasteiger partial charge in [-0.2, -0.15) is 0 Å². The normalized spacial score (nSPS) is 23.6. The minimum absolute atomic E-state index is 0.267. The lowest BCUT2D eigenvalue weighted by Crippen LogP contribution is -2.27. The average molecular weight is 298 g/mol. The lowest BCUT2D eigenvalue weighted by Gasteiger charge is -2.18. The van der Waals surface area contributed by atoms with Crippen molar-refractivity contribution in [3.05, 3.63) is 23.7 Å². The minimum atomic E-state index is -2.84. The molecule has 0 bridgehead atoms. The molecule has 1 aromatic rings. The topological polar surface area (TPSA) is 62.6 Å². The van der Waals surface area contributed by atoms with Crippen molar-refractivity contribution in [3.8, 4) is 0 Å². The molecule has 20 heavy (non-hydrogen) atoms. The highest BCUT2D eigenvalue weighted by molar-refractivity contribution is 7.91. The molecule has 1 aliphatic carbocycles. The molecule has 3 rings (SSSR count). The Kier molecular flexibility index (Phi) is 4.14. The maximum Gasteiger partial charge on any atom is 0.151 e. The van der Waals surface area contributed by atoms with E-state index in [0.29, 0.717) is 24.9 Å². The molecule has 1 saturated heterocycles. The van der Waals surface area contributed by atoms with Crippen molar-refractivity contribution >= 4 is 9.84 Å². The van der Waals surface area contributed by atoms with Crippen molar-refractivity contribution in [1.29, 1.82) is 0 Å². The van der Waals surface area contributed by atoms with Crippen LogP contribution in [-0.4, -0.2) is 44.0 Å². The summed E-state index contributed by atoms with van der Waals surface area (Å²) >= 11 is 0. The Morgan fingerprint density at radius 1 is 1.30 bits per heavy atom. The summed E-state index contributed by atoms with van der Waals surface area (Å²) in [5, 5.41) is 3.49. The van der Waals surface area contributed by atoms with Gasteiger partial charge in [0.2, 0.25) is 0 Å². The zero-order chi connectivity index (χ0) is 14.0. The van der Waals surface area contributed by atoms with Crippen LogP contribution < -0.4 is 5.32 Å². The van der Waals surface area contributed by atoms with E-state index < -0.39 is 9.84 Å². The standard InChI is InChI=1S/C14H22N2O3S/c17-20(18)8-1-5-16(6-9-20)11-14-12(4-7-19-14)10-15-13-2-3-13/h4,7,13,15H,1-3,5-6,8-11H2. The number of hydrogen-bond acceptors (Lipinski definition) is 5. The SMILES string of the molecule is O=S1(=O)CCCN(Cc2occc2CNC2CC2)CC1. The molecule has 1 N–H and O–H groups in total. The van der Waals surface area contributed by atoms with Crippen LogP contribution in [0.2, 0.25) is 0 Å². The Morgan fingerprint density at radius 3 is 2.95 bits per heavy atom. The first-order valence-corrected chi connectivity index (χ1v) is 9.16. The summed E-state index contributed by atoms with van der Waals surface area (Å²) in [6.45, 7) is 3.00. The van der Waals surface area contributed by atoms with E-state index >= 15 is 0 Å². The number of hydrogen-bond donors (Lipinski definition) is 1. The van der Waals surface area contributed by atoms with Crippen LogP contribution in [-0.2, 0) is 22.9 Å². The molecule has 5 nitrogen and oxygen atoms in total. The number of furan rings is 1. The van der Waals surface area contributed by atoms with Gasteiger partial charge in [0.25, 0.3) is 0 Å². The van der Waals surface area contributed by atoms with Gasteiger partial charge in [-0.1, -0.05) is 0 Å². The van der Waals surface area contributed by atoms with Crippen molar-refractivity contribution in [3.63, 3.8) is 0 Å². The summed E-state index contributed by atoms with van der Waals surface area (Å²) in [4.78, 5) is 2.18. The van der Waals surface area contributed by atoms with Crippen molar-refractivity contribution in [2.75, 3.05) is 24.6 Å². The minimum Gasteiger partial charge on any atom is -0.468 e. The summed E-state index contributed by atoms with van der Waals surface area (Å²) in [6, 6.07) is 2.69. The third kappa shape index (κ3) is 3.84. The largest absolute Gasteiger partial charge is 0.468 e. The number of nitrogens with zero attached hydrogens (tertiary/aromatic N) is 1. The second-order valence-electron chi connectivity index (χ2n) is 5.81. The summed E-state index contributed by atoms with van der Waals surface area (Å²) < 4.78 is 28.8. The van der Waals surface area contributed by atoms with Gasteiger partial charge in [0, 0.05) is 24.7 Å². The van der Waals surface area contributed by atoms with Gasteiger partial charge in [-0.15, -0.1) is 0 Å². The Bertz CT molecular complexity index is 549. The summed E-state index contributed by atoms with van der Waals surface area (Å²) in [5.74, 6) is 1.55. The number of rotatable bonds is 5. The van der Waals surface area contributed by atoms with Crippen LogP contribution in [0.3, 0.4) is 0 Å². The fourth-order valence-electron chi connectivity index (χ4n) is 2.56. The molecule has 0 atom stereocenters. The van der Waals surface area contributed by atoms with Gasteiger partial charge in [-0.05, 0) is 31.9 Å². The molecule has 0 aromatic carbocycles. The van der Waals surface area contributed by atoms with E-state index in [2.05, 4.69) is 10.2 Å². The zero-order valence-corrected chi connectivity index (χ0v) is 12.5. The van der Waals surface area contributed by atoms with E-state index in [1.807, 2.05) is 6.07 Å². The third-order valence-electron chi connectivity index (χ3n) is 4.01. The van der Waals surface area contributed by atoms with Gasteiger partial charge in [-0.3, -0.25) is 4.90 Å². The lowest BCUT2D eigenvalue weighted by atomic mass is 10.2. The predicted octanol–water partition coefficient (Wildman–Crippen LogP) is 1.15. The molecule has 6 heteroatoms. The van der Waals surface area contributed by atoms with Gasteiger partial charge < -0.3 is 9.73 Å². The molecule has 0 radical (unpaired) electrons. The molecule has 112 valence electrons. The summed E-state index contributed by atoms with van der Waals surface area (Å²) in [5.41, 5.74) is 1.20. The molecular weight excluding hydrogens is 276 g/mol. The van der Waals surface area contributed by atoms with Gasteiger partial charge >= 0.3 is 0 Å². The van der Waals surface area contributed by atoms with Crippen molar-refractivity contribution < 1.29 is 12.8 Å². The molecule has 1 aliphatic heterocycles. The first-order chi connectivity index (χ1) is 9.62. The highest BCUT2D eigenvalue weighted by Gasteiger charge is 2.23. The molecule has 1 saturated carbocycles. The second-order valence-corrected chi connectivity index (χ2v) is 8.11. The van der Waals surface area contributed by atoms with Crippen molar-refractivity contribution in [2.45, 2.75) is 38.4 Å². The van der Waals surface area contributed by atoms with E-state index in [0.717, 1.165) is 25.3 Å². The van der Waals surface area contributed by atoms with Crippen molar-refractivity contribution in [2.24, 2.45) is 0 Å². The predicted molar refractivity (Wildman–Crippen MR) is 77.1 cm³/mol. The van der Waals surface area contributed by atoms with Crippen LogP contribution in [0.5, 0.6) is 0 Å². The number of sulfone groups is 1. The smallest absolute Gasteiger partial charge is 0.151 e. The maximum atomic E-state index is 11.6. The molecule has 1 aromatic heterocycles. The van der Waals surface area contributed by atoms with Crippen LogP contribution in [0.4, 0.5) is 0 Å². The third-order valence-corrected chi connectivity index (χ3v) is 5.73. The Balaban J connectivity index is 1.58. The highest BCUT2D eigenvalue weighted by atomic mass is 32.2. The molecule has 0 amide bonds. The monoisotopic (exact) mass is 298 g/mol. The lowest BCUT2D eigenvalue weighted by molar-refractivity contribution is 0.260. The molecular formula is C14H22N2O3S. The maximum absolute atomic E-state index is 11.6. The fraction of sp³-hybridized carbons (Fsp3) is 0.714. The Morgan fingerprint density at radius 2 is 2.15 bits per heavy atom. The van der Waals surface area contributed by atoms with Crippen LogP contribution in [0.1, 0.15) is 30.6 Å². The van der Waals surface area contributed by atoms with Crippen LogP contribution >= 0.6 is 0 Å². The first-order valence-electron chi connectivity index (χ1n) is 7.34. The van der Waals surface area contributed by atoms with E-state index in [1.54, 1.807) is 6.26 Å². The highest BCUT2D eigenvalue weighted by Crippen LogP contribution is 2.21. The summed E-state index contributed by atoms with van der Waals surface area (Å²) in [7, 11) is -2.84. The molecule has 2 heterocycles. The second kappa shape index (κ2) is 5.87. The molecule has 2 fully saturated rings. The summed E-state index contributed by atoms with van der Waals surface area (Å²) in [6.07, 6.45) is 5.00. The average Bonchev–Trinajstić information content (AvgIpc) is 3.15. The van der Waals surface area contributed by atoms with E-state index in [1.165, 1.54) is 18.4 Å². The van der Waals surface area contributed by atoms with Gasteiger partial charge in [-0.25, -0.2) is 8.42 Å². The number of nitrogens with one attached hydrogen (secondary N) is 1. The van der Waals surface area contributed by atoms with E-state index in [9.17, 15) is 8.42 Å².